The summed E-state index contributed by atoms with van der Waals surface area (Å²) in [4.78, 5) is 25.5. The highest BCUT2D eigenvalue weighted by Crippen LogP contribution is 2.40. The fourth-order valence-corrected chi connectivity index (χ4v) is 5.41. The van der Waals surface area contributed by atoms with Crippen molar-refractivity contribution in [2.24, 2.45) is 4.99 Å². The molecule has 0 saturated carbocycles. The molecule has 0 radical (unpaired) electrons. The Morgan fingerprint density at radius 3 is 2.44 bits per heavy atom. The molecule has 1 aromatic heterocycles. The number of fused-ring (bicyclic) bond motifs is 1. The number of nitrogens with one attached hydrogen (secondary N) is 1. The third kappa shape index (κ3) is 5.28. The summed E-state index contributed by atoms with van der Waals surface area (Å²) in [5.74, 6) is -0.00263. The third-order valence-electron chi connectivity index (χ3n) is 7.39. The van der Waals surface area contributed by atoms with E-state index in [2.05, 4.69) is 44.0 Å². The van der Waals surface area contributed by atoms with Gasteiger partial charge in [0.1, 0.15) is 5.76 Å². The molecule has 0 bridgehead atoms. The van der Waals surface area contributed by atoms with Gasteiger partial charge in [0.25, 0.3) is 0 Å². The van der Waals surface area contributed by atoms with Crippen LogP contribution in [0.2, 0.25) is 0 Å². The second kappa shape index (κ2) is 11.2. The maximum absolute atomic E-state index is 13.1. The topological polar surface area (TPSA) is 92.2 Å². The van der Waals surface area contributed by atoms with Crippen LogP contribution in [0, 0.1) is 0 Å². The number of β-amino-alcohol motifs (C(OH)–C–C–N with tert-alkyl or cyclic N) is 1. The normalized spacial score (nSPS) is 20.1. The Hall–Kier alpha value is -3.26. The average molecular weight is 487 g/mol. The van der Waals surface area contributed by atoms with E-state index in [4.69, 9.17) is 5.11 Å². The molecule has 1 fully saturated rings. The highest BCUT2D eigenvalue weighted by atomic mass is 16.3. The van der Waals surface area contributed by atoms with E-state index in [1.165, 1.54) is 0 Å². The fraction of sp³-hybridized carbons (Fsp3) is 0.379. The van der Waals surface area contributed by atoms with Crippen LogP contribution in [0.1, 0.15) is 24.3 Å². The van der Waals surface area contributed by atoms with Gasteiger partial charge in [0.05, 0.1) is 18.7 Å². The van der Waals surface area contributed by atoms with Crippen molar-refractivity contribution >= 4 is 22.9 Å². The van der Waals surface area contributed by atoms with Gasteiger partial charge in [0, 0.05) is 81.0 Å². The summed E-state index contributed by atoms with van der Waals surface area (Å²) in [5.41, 5.74) is 4.71. The molecule has 1 aliphatic carbocycles. The first-order valence-corrected chi connectivity index (χ1v) is 12.8. The van der Waals surface area contributed by atoms with Crippen molar-refractivity contribution in [3.8, 4) is 11.1 Å². The summed E-state index contributed by atoms with van der Waals surface area (Å²) < 4.78 is 0. The Balaban J connectivity index is 1.27. The van der Waals surface area contributed by atoms with Crippen LogP contribution in [0.5, 0.6) is 0 Å². The maximum Gasteiger partial charge on any atom is 0.168 e. The number of carbonyl (C=O) groups is 1. The number of H-pyrrole nitrogens is 1. The van der Waals surface area contributed by atoms with Crippen molar-refractivity contribution < 1.29 is 15.0 Å². The van der Waals surface area contributed by atoms with Gasteiger partial charge in [-0.1, -0.05) is 42.5 Å². The molecule has 2 aromatic carbocycles. The number of aliphatic hydroxyl groups is 2. The summed E-state index contributed by atoms with van der Waals surface area (Å²) in [6.07, 6.45) is 4.38. The number of nitrogens with zero attached hydrogens (tertiary/aromatic N) is 3. The first-order valence-electron chi connectivity index (χ1n) is 12.8. The molecule has 2 heterocycles. The number of piperazine rings is 1. The van der Waals surface area contributed by atoms with Gasteiger partial charge < -0.3 is 15.2 Å². The number of ketones is 1. The number of rotatable bonds is 8. The molecule has 1 atom stereocenters. The van der Waals surface area contributed by atoms with Crippen LogP contribution < -0.4 is 0 Å². The van der Waals surface area contributed by atoms with Gasteiger partial charge in [-0.05, 0) is 23.1 Å². The molecule has 1 aliphatic heterocycles. The number of hydrogen-bond donors (Lipinski definition) is 3. The Morgan fingerprint density at radius 2 is 1.72 bits per heavy atom. The number of aliphatic hydroxyl groups excluding tert-OH is 2. The minimum atomic E-state index is -0.0770. The zero-order valence-electron chi connectivity index (χ0n) is 20.6. The van der Waals surface area contributed by atoms with Crippen molar-refractivity contribution in [2.75, 3.05) is 52.4 Å². The van der Waals surface area contributed by atoms with Crippen molar-refractivity contribution in [1.82, 2.24) is 14.8 Å². The molecule has 3 aromatic rings. The van der Waals surface area contributed by atoms with Crippen LogP contribution >= 0.6 is 0 Å². The summed E-state index contributed by atoms with van der Waals surface area (Å²) in [6, 6.07) is 16.4. The first-order chi connectivity index (χ1) is 17.6. The van der Waals surface area contributed by atoms with E-state index in [1.807, 2.05) is 30.5 Å². The lowest BCUT2D eigenvalue weighted by atomic mass is 9.81. The quantitative estimate of drug-likeness (QED) is 0.422. The molecule has 0 amide bonds. The van der Waals surface area contributed by atoms with Gasteiger partial charge in [-0.15, -0.1) is 0 Å². The van der Waals surface area contributed by atoms with E-state index in [-0.39, 0.29) is 24.1 Å². The van der Waals surface area contributed by atoms with E-state index in [0.717, 1.165) is 66.9 Å². The Labute approximate surface area is 211 Å². The molecule has 2 aliphatic rings. The van der Waals surface area contributed by atoms with Crippen molar-refractivity contribution in [3.63, 3.8) is 0 Å². The van der Waals surface area contributed by atoms with Crippen LogP contribution in [0.15, 0.2) is 71.1 Å². The minimum Gasteiger partial charge on any atom is -0.511 e. The highest BCUT2D eigenvalue weighted by molar-refractivity contribution is 6.14. The zero-order valence-corrected chi connectivity index (χ0v) is 20.6. The summed E-state index contributed by atoms with van der Waals surface area (Å²) in [6.45, 7) is 6.18. The average Bonchev–Trinajstić information content (AvgIpc) is 3.34. The third-order valence-corrected chi connectivity index (χ3v) is 7.39. The van der Waals surface area contributed by atoms with E-state index in [0.29, 0.717) is 25.0 Å². The number of carbonyl (C=O) groups excluding carboxylic acids is 1. The highest BCUT2D eigenvalue weighted by Gasteiger charge is 2.29. The number of aromatic amines is 1. The Kier molecular flexibility index (Phi) is 7.60. The maximum atomic E-state index is 13.1. The van der Waals surface area contributed by atoms with Crippen molar-refractivity contribution in [2.45, 2.75) is 18.8 Å². The number of allylic oxidation sites excluding steroid dienone is 2. The van der Waals surface area contributed by atoms with Gasteiger partial charge in [0.2, 0.25) is 0 Å². The SMILES string of the molecule is O=C1CC(c2cccc3[nH]cc(-c4ccccc4)c23)CC(O)=C1C=NCCN1CCN(CCO)CC1. The molecule has 3 N–H and O–H groups in total. The monoisotopic (exact) mass is 486 g/mol. The fourth-order valence-electron chi connectivity index (χ4n) is 5.41. The van der Waals surface area contributed by atoms with E-state index >= 15 is 0 Å². The van der Waals surface area contributed by atoms with Crippen LogP contribution in [0.25, 0.3) is 22.0 Å². The van der Waals surface area contributed by atoms with Gasteiger partial charge in [-0.25, -0.2) is 0 Å². The number of benzene rings is 2. The molecule has 7 heteroatoms. The lowest BCUT2D eigenvalue weighted by molar-refractivity contribution is -0.116. The van der Waals surface area contributed by atoms with Gasteiger partial charge in [0.15, 0.2) is 5.78 Å². The molecular weight excluding hydrogens is 452 g/mol. The summed E-state index contributed by atoms with van der Waals surface area (Å²) in [5, 5.41) is 21.0. The van der Waals surface area contributed by atoms with Crippen LogP contribution in [-0.2, 0) is 4.79 Å². The van der Waals surface area contributed by atoms with Crippen LogP contribution in [0.4, 0.5) is 0 Å². The number of hydrogen-bond acceptors (Lipinski definition) is 6. The molecule has 0 spiro atoms. The molecule has 5 rings (SSSR count). The van der Waals surface area contributed by atoms with Crippen LogP contribution in [-0.4, -0.2) is 89.4 Å². The summed E-state index contributed by atoms with van der Waals surface area (Å²) in [7, 11) is 0. The molecule has 36 heavy (non-hydrogen) atoms. The molecule has 7 nitrogen and oxygen atoms in total. The largest absolute Gasteiger partial charge is 0.511 e. The number of aromatic nitrogens is 1. The van der Waals surface area contributed by atoms with E-state index in [9.17, 15) is 9.90 Å². The van der Waals surface area contributed by atoms with E-state index < -0.39 is 0 Å². The minimum absolute atomic E-state index is 0.0566. The lowest BCUT2D eigenvalue weighted by Crippen LogP contribution is -2.47. The van der Waals surface area contributed by atoms with Gasteiger partial charge >= 0.3 is 0 Å². The predicted molar refractivity (Wildman–Crippen MR) is 144 cm³/mol. The summed E-state index contributed by atoms with van der Waals surface area (Å²) >= 11 is 0. The second-order valence-electron chi connectivity index (χ2n) is 9.67. The first kappa shape index (κ1) is 24.4. The Bertz CT molecular complexity index is 1260. The van der Waals surface area contributed by atoms with E-state index in [1.54, 1.807) is 6.21 Å². The predicted octanol–water partition coefficient (Wildman–Crippen LogP) is 3.77. The van der Waals surface area contributed by atoms with Crippen molar-refractivity contribution in [3.05, 3.63) is 71.6 Å². The molecule has 188 valence electrons. The molecule has 1 unspecified atom stereocenters. The standard InChI is InChI=1S/C29H34N4O3/c34-16-15-33-13-11-32(12-14-33)10-9-30-19-25-27(35)17-22(18-28(25)36)23-7-4-8-26-29(23)24(20-31-26)21-5-2-1-3-6-21/h1-8,19-20,22,31,34-35H,9-18H2. The molecular formula is C29H34N4O3. The molecule has 1 saturated heterocycles. The second-order valence-corrected chi connectivity index (χ2v) is 9.67. The zero-order chi connectivity index (χ0) is 24.9. The van der Waals surface area contributed by atoms with Crippen LogP contribution in [0.3, 0.4) is 0 Å². The Morgan fingerprint density at radius 1 is 0.972 bits per heavy atom. The lowest BCUT2D eigenvalue weighted by Gasteiger charge is -2.33. The smallest absolute Gasteiger partial charge is 0.168 e. The van der Waals surface area contributed by atoms with Crippen molar-refractivity contribution in [1.29, 1.82) is 0 Å². The number of Topliss-reactive ketones (excluding diaryl/α,β-unsaturated/α-hetero) is 1. The number of aliphatic imine (C=N–C) groups is 1. The van der Waals surface area contributed by atoms with Gasteiger partial charge in [-0.2, -0.15) is 0 Å². The van der Waals surface area contributed by atoms with Gasteiger partial charge in [-0.3, -0.25) is 19.6 Å².